The van der Waals surface area contributed by atoms with Crippen molar-refractivity contribution in [1.82, 2.24) is 5.32 Å². The van der Waals surface area contributed by atoms with Gasteiger partial charge in [0.2, 0.25) is 0 Å². The van der Waals surface area contributed by atoms with E-state index in [2.05, 4.69) is 16.1 Å². The third-order valence-electron chi connectivity index (χ3n) is 2.55. The summed E-state index contributed by atoms with van der Waals surface area (Å²) >= 11 is 0. The Labute approximate surface area is 101 Å². The smallest absolute Gasteiger partial charge is 0.396 e. The maximum atomic E-state index is 11.1. The van der Waals surface area contributed by atoms with Gasteiger partial charge in [0.05, 0.1) is 7.11 Å². The highest BCUT2D eigenvalue weighted by Gasteiger charge is 2.12. The Balaban J connectivity index is 2.46. The van der Waals surface area contributed by atoms with Crippen LogP contribution in [0.4, 0.5) is 0 Å². The normalized spacial score (nSPS) is 9.82. The average Bonchev–Trinajstić information content (AvgIpc) is 2.30. The Morgan fingerprint density at radius 2 is 2.00 bits per heavy atom. The minimum atomic E-state index is -0.856. The number of benzene rings is 1. The Bertz CT molecular complexity index is 427. The van der Waals surface area contributed by atoms with Crippen molar-refractivity contribution in [2.24, 2.45) is 0 Å². The van der Waals surface area contributed by atoms with E-state index >= 15 is 0 Å². The van der Waals surface area contributed by atoms with E-state index in [1.165, 1.54) is 23.8 Å². The molecule has 0 spiro atoms. The number of amides is 1. The molecule has 1 aromatic rings. The molecule has 0 heterocycles. The van der Waals surface area contributed by atoms with Gasteiger partial charge >= 0.3 is 11.9 Å². The van der Waals surface area contributed by atoms with Gasteiger partial charge in [-0.3, -0.25) is 4.79 Å². The van der Waals surface area contributed by atoms with Gasteiger partial charge in [-0.05, 0) is 31.4 Å². The van der Waals surface area contributed by atoms with Crippen LogP contribution in [0.25, 0.3) is 0 Å². The van der Waals surface area contributed by atoms with Gasteiger partial charge < -0.3 is 10.1 Å². The Kier molecular flexibility index (Phi) is 4.69. The zero-order chi connectivity index (χ0) is 12.8. The van der Waals surface area contributed by atoms with Gasteiger partial charge in [0.15, 0.2) is 0 Å². The molecule has 0 unspecified atom stereocenters. The summed E-state index contributed by atoms with van der Waals surface area (Å²) < 4.78 is 4.30. The molecule has 1 rings (SSSR count). The maximum absolute atomic E-state index is 11.1. The van der Waals surface area contributed by atoms with Crippen LogP contribution in [0.2, 0.25) is 0 Å². The van der Waals surface area contributed by atoms with Crippen LogP contribution in [0.5, 0.6) is 0 Å². The fraction of sp³-hybridized carbons (Fsp3) is 0.385. The summed E-state index contributed by atoms with van der Waals surface area (Å²) in [6, 6.07) is 6.16. The molecule has 0 atom stereocenters. The highest BCUT2D eigenvalue weighted by atomic mass is 16.5. The quantitative estimate of drug-likeness (QED) is 0.631. The fourth-order valence-electron chi connectivity index (χ4n) is 1.60. The zero-order valence-corrected chi connectivity index (χ0v) is 10.4. The van der Waals surface area contributed by atoms with Gasteiger partial charge in [0.25, 0.3) is 0 Å². The minimum Gasteiger partial charge on any atom is -0.462 e. The fourth-order valence-corrected chi connectivity index (χ4v) is 1.60. The molecule has 0 aliphatic heterocycles. The number of aryl methyl sites for hydroxylation is 2. The summed E-state index contributed by atoms with van der Waals surface area (Å²) in [4.78, 5) is 21.9. The van der Waals surface area contributed by atoms with E-state index in [-0.39, 0.29) is 0 Å². The topological polar surface area (TPSA) is 55.4 Å². The van der Waals surface area contributed by atoms with Crippen LogP contribution in [-0.4, -0.2) is 25.5 Å². The molecule has 0 saturated heterocycles. The van der Waals surface area contributed by atoms with Crippen molar-refractivity contribution in [2.75, 3.05) is 13.7 Å². The van der Waals surface area contributed by atoms with E-state index in [0.717, 1.165) is 0 Å². The second-order valence-electron chi connectivity index (χ2n) is 3.93. The number of hydrogen-bond donors (Lipinski definition) is 1. The summed E-state index contributed by atoms with van der Waals surface area (Å²) in [7, 11) is 1.19. The summed E-state index contributed by atoms with van der Waals surface area (Å²) in [6.45, 7) is 4.50. The number of nitrogens with one attached hydrogen (secondary N) is 1. The summed E-state index contributed by atoms with van der Waals surface area (Å²) in [6.07, 6.45) is 0.703. The first-order valence-corrected chi connectivity index (χ1v) is 5.47. The van der Waals surface area contributed by atoms with E-state index in [4.69, 9.17) is 0 Å². The molecule has 0 radical (unpaired) electrons. The SMILES string of the molecule is COC(=O)C(=O)NCCc1ccc(C)cc1C. The summed E-state index contributed by atoms with van der Waals surface area (Å²) in [5.41, 5.74) is 3.57. The third-order valence-corrected chi connectivity index (χ3v) is 2.55. The van der Waals surface area contributed by atoms with Crippen molar-refractivity contribution in [1.29, 1.82) is 0 Å². The maximum Gasteiger partial charge on any atom is 0.396 e. The molecule has 92 valence electrons. The molecule has 4 nitrogen and oxygen atoms in total. The zero-order valence-electron chi connectivity index (χ0n) is 10.4. The van der Waals surface area contributed by atoms with Crippen molar-refractivity contribution in [2.45, 2.75) is 20.3 Å². The van der Waals surface area contributed by atoms with Crippen molar-refractivity contribution in [3.05, 3.63) is 34.9 Å². The largest absolute Gasteiger partial charge is 0.462 e. The second kappa shape index (κ2) is 6.03. The van der Waals surface area contributed by atoms with Gasteiger partial charge in [0.1, 0.15) is 0 Å². The number of hydrogen-bond acceptors (Lipinski definition) is 3. The van der Waals surface area contributed by atoms with E-state index in [1.54, 1.807) is 0 Å². The second-order valence-corrected chi connectivity index (χ2v) is 3.93. The van der Waals surface area contributed by atoms with E-state index in [0.29, 0.717) is 13.0 Å². The average molecular weight is 235 g/mol. The number of carbonyl (C=O) groups is 2. The predicted octanol–water partition coefficient (Wildman–Crippen LogP) is 1.14. The molecule has 1 amide bonds. The van der Waals surface area contributed by atoms with Gasteiger partial charge in [0, 0.05) is 6.54 Å². The van der Waals surface area contributed by atoms with Crippen LogP contribution >= 0.6 is 0 Å². The number of carbonyl (C=O) groups excluding carboxylic acids is 2. The molecule has 4 heteroatoms. The van der Waals surface area contributed by atoms with E-state index < -0.39 is 11.9 Å². The first-order chi connectivity index (χ1) is 8.04. The standard InChI is InChI=1S/C13H17NO3/c1-9-4-5-11(10(2)8-9)6-7-14-12(15)13(16)17-3/h4-5,8H,6-7H2,1-3H3,(H,14,15). The lowest BCUT2D eigenvalue weighted by molar-refractivity contribution is -0.152. The van der Waals surface area contributed by atoms with Crippen LogP contribution in [0, 0.1) is 13.8 Å². The van der Waals surface area contributed by atoms with Gasteiger partial charge in [-0.2, -0.15) is 0 Å². The Morgan fingerprint density at radius 1 is 1.29 bits per heavy atom. The molecular formula is C13H17NO3. The minimum absolute atomic E-state index is 0.428. The highest BCUT2D eigenvalue weighted by molar-refractivity contribution is 6.32. The van der Waals surface area contributed by atoms with Crippen LogP contribution in [-0.2, 0) is 20.7 Å². The molecule has 0 saturated carbocycles. The lowest BCUT2D eigenvalue weighted by Crippen LogP contribution is -2.33. The summed E-state index contributed by atoms with van der Waals surface area (Å²) in [5.74, 6) is -1.55. The van der Waals surface area contributed by atoms with Crippen LogP contribution in [0.15, 0.2) is 18.2 Å². The lowest BCUT2D eigenvalue weighted by Gasteiger charge is -2.07. The Hall–Kier alpha value is -1.84. The first kappa shape index (κ1) is 13.2. The van der Waals surface area contributed by atoms with Crippen molar-refractivity contribution < 1.29 is 14.3 Å². The van der Waals surface area contributed by atoms with Crippen molar-refractivity contribution in [3.63, 3.8) is 0 Å². The molecule has 1 aromatic carbocycles. The van der Waals surface area contributed by atoms with Crippen LogP contribution in [0.3, 0.4) is 0 Å². The predicted molar refractivity (Wildman–Crippen MR) is 64.6 cm³/mol. The van der Waals surface area contributed by atoms with Crippen LogP contribution in [0.1, 0.15) is 16.7 Å². The van der Waals surface area contributed by atoms with E-state index in [1.807, 2.05) is 26.0 Å². The monoisotopic (exact) mass is 235 g/mol. The highest BCUT2D eigenvalue weighted by Crippen LogP contribution is 2.10. The van der Waals surface area contributed by atoms with Gasteiger partial charge in [-0.25, -0.2) is 4.79 Å². The van der Waals surface area contributed by atoms with Crippen LogP contribution < -0.4 is 5.32 Å². The van der Waals surface area contributed by atoms with E-state index in [9.17, 15) is 9.59 Å². The number of rotatable bonds is 3. The summed E-state index contributed by atoms with van der Waals surface area (Å²) in [5, 5.41) is 2.51. The van der Waals surface area contributed by atoms with Gasteiger partial charge in [-0.1, -0.05) is 23.8 Å². The van der Waals surface area contributed by atoms with Gasteiger partial charge in [-0.15, -0.1) is 0 Å². The number of esters is 1. The first-order valence-electron chi connectivity index (χ1n) is 5.47. The molecule has 0 aliphatic carbocycles. The molecule has 17 heavy (non-hydrogen) atoms. The molecule has 0 aliphatic rings. The van der Waals surface area contributed by atoms with Crippen molar-refractivity contribution in [3.8, 4) is 0 Å². The molecular weight excluding hydrogens is 218 g/mol. The molecule has 0 aromatic heterocycles. The number of methoxy groups -OCH3 is 1. The molecule has 0 fully saturated rings. The molecule has 1 N–H and O–H groups in total. The lowest BCUT2D eigenvalue weighted by atomic mass is 10.0. The molecule has 0 bridgehead atoms. The number of ether oxygens (including phenoxy) is 1. The van der Waals surface area contributed by atoms with Crippen molar-refractivity contribution >= 4 is 11.9 Å². The Morgan fingerprint density at radius 3 is 2.59 bits per heavy atom. The third kappa shape index (κ3) is 3.90.